The van der Waals surface area contributed by atoms with Crippen molar-refractivity contribution in [3.05, 3.63) is 0 Å². The Balaban J connectivity index is 0. The fourth-order valence-corrected chi connectivity index (χ4v) is 0. The summed E-state index contributed by atoms with van der Waals surface area (Å²) >= 11 is 3.45. The van der Waals surface area contributed by atoms with Crippen molar-refractivity contribution in [1.82, 2.24) is 0 Å². The van der Waals surface area contributed by atoms with Gasteiger partial charge in [0.1, 0.15) is 0 Å². The summed E-state index contributed by atoms with van der Waals surface area (Å²) in [6, 6.07) is 0. The predicted octanol–water partition coefficient (Wildman–Crippen LogP) is -0.188. The molecule has 0 heterocycles. The average Bonchev–Trinajstić information content (AvgIpc) is 1.50. The van der Waals surface area contributed by atoms with E-state index < -0.39 is 0 Å². The molecule has 2 radical (unpaired) electrons. The van der Waals surface area contributed by atoms with Gasteiger partial charge in [0, 0.05) is 0 Å². The molecule has 0 aliphatic carbocycles. The summed E-state index contributed by atoms with van der Waals surface area (Å²) in [5.74, 6) is 0. The van der Waals surface area contributed by atoms with Gasteiger partial charge in [-0.05, 0) is 7.05 Å². The van der Waals surface area contributed by atoms with Gasteiger partial charge in [-0.25, -0.2) is 0 Å². The van der Waals surface area contributed by atoms with Gasteiger partial charge in [-0.2, -0.15) is 0 Å². The van der Waals surface area contributed by atoms with Gasteiger partial charge in [-0.3, -0.25) is 0 Å². The SMILES string of the molecule is CN.[I][PbH]. The number of halogens is 1. The van der Waals surface area contributed by atoms with Crippen LogP contribution in [0.25, 0.3) is 0 Å². The topological polar surface area (TPSA) is 26.0 Å². The molecule has 0 fully saturated rings. The van der Waals surface area contributed by atoms with E-state index in [1.807, 2.05) is 0 Å². The van der Waals surface area contributed by atoms with Crippen molar-refractivity contribution in [1.29, 1.82) is 0 Å². The Hall–Kier alpha value is 1.61. The van der Waals surface area contributed by atoms with E-state index in [0.29, 0.717) is 0 Å². The standard InChI is InChI=1S/CH5N.HI.Pb.H/c1-2;;;/h2H2,1H3;1H;;/q;;+1;/p-1. The van der Waals surface area contributed by atoms with Gasteiger partial charge in [-0.1, -0.05) is 0 Å². The zero-order valence-corrected chi connectivity index (χ0v) is 9.18. The van der Waals surface area contributed by atoms with Gasteiger partial charge >= 0.3 is 39.2 Å². The third kappa shape index (κ3) is 9.48. The van der Waals surface area contributed by atoms with Crippen LogP contribution in [0.15, 0.2) is 0 Å². The molecule has 0 atom stereocenters. The van der Waals surface area contributed by atoms with Crippen LogP contribution in [-0.2, 0) is 0 Å². The summed E-state index contributed by atoms with van der Waals surface area (Å²) in [6.07, 6.45) is 0. The average molecular weight is 366 g/mol. The molecule has 0 aliphatic rings. The predicted molar refractivity (Wildman–Crippen MR) is 31.3 cm³/mol. The number of hydrogen-bond acceptors (Lipinski definition) is 1. The van der Waals surface area contributed by atoms with E-state index in [0.717, 1.165) is 21.5 Å². The van der Waals surface area contributed by atoms with Crippen molar-refractivity contribution in [3.8, 4) is 0 Å². The first-order chi connectivity index (χ1) is 2.00. The van der Waals surface area contributed by atoms with Crippen LogP contribution < -0.4 is 5.73 Å². The summed E-state index contributed by atoms with van der Waals surface area (Å²) < 4.78 is 0. The Labute approximate surface area is 51.5 Å². The number of hydrogen-bond donors (Lipinski definition) is 1. The van der Waals surface area contributed by atoms with E-state index in [4.69, 9.17) is 0 Å². The van der Waals surface area contributed by atoms with Crippen molar-refractivity contribution in [2.45, 2.75) is 0 Å². The van der Waals surface area contributed by atoms with Gasteiger partial charge in [0.25, 0.3) is 0 Å². The van der Waals surface area contributed by atoms with E-state index in [1.165, 1.54) is 7.05 Å². The van der Waals surface area contributed by atoms with Gasteiger partial charge < -0.3 is 5.73 Å². The molecule has 3 heteroatoms. The van der Waals surface area contributed by atoms with Crippen molar-refractivity contribution >= 4 is 39.2 Å². The van der Waals surface area contributed by atoms with Crippen molar-refractivity contribution < 1.29 is 0 Å². The Morgan fingerprint density at radius 3 is 1.50 bits per heavy atom. The van der Waals surface area contributed by atoms with E-state index in [1.54, 1.807) is 0 Å². The molecule has 0 amide bonds. The quantitative estimate of drug-likeness (QED) is 0.467. The van der Waals surface area contributed by atoms with Crippen molar-refractivity contribution in [3.63, 3.8) is 0 Å². The molecule has 0 aromatic carbocycles. The van der Waals surface area contributed by atoms with Crippen LogP contribution in [0.3, 0.4) is 0 Å². The molecule has 0 saturated carbocycles. The zero-order chi connectivity index (χ0) is 4.00. The summed E-state index contributed by atoms with van der Waals surface area (Å²) in [6.45, 7) is 0. The molecule has 0 aromatic rings. The second kappa shape index (κ2) is 23.2. The Bertz CT molecular complexity index is 8.00. The second-order valence-corrected chi connectivity index (χ2v) is 0. The van der Waals surface area contributed by atoms with Crippen LogP contribution in [0.2, 0.25) is 0 Å². The second-order valence-electron chi connectivity index (χ2n) is 0. The summed E-state index contributed by atoms with van der Waals surface area (Å²) in [5.41, 5.74) is 4.50. The van der Waals surface area contributed by atoms with Gasteiger partial charge in [0.2, 0.25) is 0 Å². The Kier molecular flexibility index (Phi) is 53.0. The number of nitrogens with two attached hydrogens (primary N) is 1. The molecular formula is CH6INPb. The molecule has 1 nitrogen and oxygen atoms in total. The normalized spacial score (nSPS) is 3.00. The zero-order valence-electron chi connectivity index (χ0n) is 2.53. The molecule has 0 spiro atoms. The van der Waals surface area contributed by atoms with Gasteiger partial charge in [-0.15, -0.1) is 0 Å². The molecule has 0 saturated heterocycles. The molecule has 4 heavy (non-hydrogen) atoms. The first kappa shape index (κ1) is 9.15. The molecular weight excluding hydrogens is 360 g/mol. The summed E-state index contributed by atoms with van der Waals surface area (Å²) in [7, 11) is 1.50. The van der Waals surface area contributed by atoms with E-state index in [-0.39, 0.29) is 0 Å². The van der Waals surface area contributed by atoms with E-state index in [9.17, 15) is 0 Å². The summed E-state index contributed by atoms with van der Waals surface area (Å²) in [4.78, 5) is 0. The fourth-order valence-electron chi connectivity index (χ4n) is 0. The van der Waals surface area contributed by atoms with E-state index in [2.05, 4.69) is 23.5 Å². The fraction of sp³-hybridized carbons (Fsp3) is 1.00. The first-order valence-electron chi connectivity index (χ1n) is 0.796. The molecule has 0 bridgehead atoms. The van der Waals surface area contributed by atoms with Crippen LogP contribution in [0, 0.1) is 0 Å². The van der Waals surface area contributed by atoms with Crippen LogP contribution in [-0.4, -0.2) is 28.5 Å². The van der Waals surface area contributed by atoms with Crippen molar-refractivity contribution in [2.75, 3.05) is 7.05 Å². The maximum atomic E-state index is 4.50. The van der Waals surface area contributed by atoms with Crippen LogP contribution in [0.5, 0.6) is 0 Å². The van der Waals surface area contributed by atoms with Gasteiger partial charge in [0.15, 0.2) is 0 Å². The molecule has 2 N–H and O–H groups in total. The van der Waals surface area contributed by atoms with E-state index >= 15 is 0 Å². The van der Waals surface area contributed by atoms with Crippen molar-refractivity contribution in [2.24, 2.45) is 5.73 Å². The third-order valence-corrected chi connectivity index (χ3v) is 0. The Morgan fingerprint density at radius 1 is 1.50 bits per heavy atom. The van der Waals surface area contributed by atoms with Crippen LogP contribution >= 0.6 is 17.8 Å². The van der Waals surface area contributed by atoms with Gasteiger partial charge in [0.05, 0.1) is 0 Å². The molecule has 26 valence electrons. The van der Waals surface area contributed by atoms with Crippen LogP contribution in [0.4, 0.5) is 0 Å². The number of rotatable bonds is 0. The minimum absolute atomic E-state index is 1.14. The monoisotopic (exact) mass is 367 g/mol. The first-order valence-corrected chi connectivity index (χ1v) is 13.4. The third-order valence-electron chi connectivity index (χ3n) is 0. The van der Waals surface area contributed by atoms with Crippen LogP contribution in [0.1, 0.15) is 0 Å². The minimum atomic E-state index is 1.14. The summed E-state index contributed by atoms with van der Waals surface area (Å²) in [5, 5.41) is 0. The molecule has 0 aromatic heterocycles. The Morgan fingerprint density at radius 2 is 1.50 bits per heavy atom. The maximum absolute atomic E-state index is 4.50. The molecule has 0 rings (SSSR count). The molecule has 0 unspecified atom stereocenters. The molecule has 0 aliphatic heterocycles.